The molecule has 0 saturated heterocycles. The maximum absolute atomic E-state index is 2.40. The van der Waals surface area contributed by atoms with Gasteiger partial charge in [-0.15, -0.1) is 0 Å². The summed E-state index contributed by atoms with van der Waals surface area (Å²) in [5, 5.41) is 8.02. The predicted molar refractivity (Wildman–Crippen MR) is 108 cm³/mol. The number of rotatable bonds is 2. The van der Waals surface area contributed by atoms with Crippen molar-refractivity contribution in [2.24, 2.45) is 0 Å². The maximum atomic E-state index is 2.40. The third-order valence-electron chi connectivity index (χ3n) is 5.09. The van der Waals surface area contributed by atoms with E-state index >= 15 is 0 Å². The van der Waals surface area contributed by atoms with Crippen molar-refractivity contribution in [1.29, 1.82) is 0 Å². The molecular formula is C25H18. The van der Waals surface area contributed by atoms with E-state index in [1.807, 2.05) is 0 Å². The lowest BCUT2D eigenvalue weighted by Gasteiger charge is -2.13. The monoisotopic (exact) mass is 318 g/mol. The van der Waals surface area contributed by atoms with Crippen LogP contribution < -0.4 is 0 Å². The summed E-state index contributed by atoms with van der Waals surface area (Å²) in [5.74, 6) is 0. The van der Waals surface area contributed by atoms with Crippen LogP contribution in [0, 0.1) is 0 Å². The lowest BCUT2D eigenvalue weighted by atomic mass is 9.91. The molecule has 0 saturated carbocycles. The van der Waals surface area contributed by atoms with E-state index in [4.69, 9.17) is 0 Å². The molecule has 0 radical (unpaired) electrons. The molecule has 0 aliphatic carbocycles. The average Bonchev–Trinajstić information content (AvgIpc) is 2.69. The Labute approximate surface area is 147 Å². The van der Waals surface area contributed by atoms with Gasteiger partial charge in [0.25, 0.3) is 0 Å². The first-order valence-electron chi connectivity index (χ1n) is 8.76. The molecular weight excluding hydrogens is 300 g/mol. The van der Waals surface area contributed by atoms with Crippen LogP contribution in [0.3, 0.4) is 0 Å². The standard InChI is InChI=1S/C25H18/c1-2-8-18(9-3-1)16-20-17-25-21-11-5-4-10-19(21)14-15-24(25)23-13-7-6-12-22(20)23/h1-15,17H,16H2. The summed E-state index contributed by atoms with van der Waals surface area (Å²) in [4.78, 5) is 0. The van der Waals surface area contributed by atoms with Crippen LogP contribution in [0.1, 0.15) is 11.1 Å². The van der Waals surface area contributed by atoms with Gasteiger partial charge in [0.2, 0.25) is 0 Å². The quantitative estimate of drug-likeness (QED) is 0.316. The van der Waals surface area contributed by atoms with E-state index in [-0.39, 0.29) is 0 Å². The molecule has 25 heavy (non-hydrogen) atoms. The number of fused-ring (bicyclic) bond motifs is 5. The van der Waals surface area contributed by atoms with Crippen molar-refractivity contribution in [2.75, 3.05) is 0 Å². The van der Waals surface area contributed by atoms with Gasteiger partial charge in [-0.1, -0.05) is 91.0 Å². The van der Waals surface area contributed by atoms with Crippen molar-refractivity contribution in [1.82, 2.24) is 0 Å². The van der Waals surface area contributed by atoms with Crippen LogP contribution in [-0.2, 0) is 6.42 Å². The molecule has 0 heteroatoms. The molecule has 118 valence electrons. The fraction of sp³-hybridized carbons (Fsp3) is 0.0400. The van der Waals surface area contributed by atoms with Gasteiger partial charge in [0, 0.05) is 0 Å². The van der Waals surface area contributed by atoms with Crippen LogP contribution in [0.2, 0.25) is 0 Å². The van der Waals surface area contributed by atoms with E-state index in [1.165, 1.54) is 43.4 Å². The zero-order valence-corrected chi connectivity index (χ0v) is 13.9. The van der Waals surface area contributed by atoms with Crippen LogP contribution in [-0.4, -0.2) is 0 Å². The summed E-state index contributed by atoms with van der Waals surface area (Å²) in [5.41, 5.74) is 2.75. The van der Waals surface area contributed by atoms with Gasteiger partial charge in [0.1, 0.15) is 0 Å². The lowest BCUT2D eigenvalue weighted by molar-refractivity contribution is 1.22. The molecule has 5 aromatic carbocycles. The van der Waals surface area contributed by atoms with Gasteiger partial charge in [-0.25, -0.2) is 0 Å². The van der Waals surface area contributed by atoms with E-state index in [1.54, 1.807) is 0 Å². The smallest absolute Gasteiger partial charge is 0.00194 e. The first-order valence-corrected chi connectivity index (χ1v) is 8.76. The summed E-state index contributed by atoms with van der Waals surface area (Å²) in [7, 11) is 0. The molecule has 0 aliphatic heterocycles. The predicted octanol–water partition coefficient (Wildman–Crippen LogP) is 6.74. The number of hydrogen-bond acceptors (Lipinski definition) is 0. The van der Waals surface area contributed by atoms with Gasteiger partial charge in [-0.05, 0) is 55.9 Å². The molecule has 0 unspecified atom stereocenters. The molecule has 0 fully saturated rings. The second-order valence-corrected chi connectivity index (χ2v) is 6.63. The summed E-state index contributed by atoms with van der Waals surface area (Å²) < 4.78 is 0. The van der Waals surface area contributed by atoms with E-state index < -0.39 is 0 Å². The second kappa shape index (κ2) is 5.75. The zero-order chi connectivity index (χ0) is 16.6. The molecule has 0 N–H and O–H groups in total. The number of hydrogen-bond donors (Lipinski definition) is 0. The molecule has 5 aromatic rings. The second-order valence-electron chi connectivity index (χ2n) is 6.63. The Morgan fingerprint density at radius 1 is 0.440 bits per heavy atom. The summed E-state index contributed by atoms with van der Waals surface area (Å²) >= 11 is 0. The normalized spacial score (nSPS) is 11.4. The Kier molecular flexibility index (Phi) is 3.28. The van der Waals surface area contributed by atoms with Gasteiger partial charge < -0.3 is 0 Å². The Morgan fingerprint density at radius 3 is 1.92 bits per heavy atom. The van der Waals surface area contributed by atoms with Crippen molar-refractivity contribution in [3.8, 4) is 0 Å². The number of benzene rings is 5. The van der Waals surface area contributed by atoms with E-state index in [2.05, 4.69) is 97.1 Å². The van der Waals surface area contributed by atoms with Crippen LogP contribution in [0.4, 0.5) is 0 Å². The fourth-order valence-electron chi connectivity index (χ4n) is 3.90. The highest BCUT2D eigenvalue weighted by atomic mass is 14.1. The van der Waals surface area contributed by atoms with E-state index in [9.17, 15) is 0 Å². The minimum atomic E-state index is 0.959. The molecule has 0 heterocycles. The average molecular weight is 318 g/mol. The van der Waals surface area contributed by atoms with Crippen molar-refractivity contribution in [2.45, 2.75) is 6.42 Å². The largest absolute Gasteiger partial charge is 0.0622 e. The molecule has 0 nitrogen and oxygen atoms in total. The van der Waals surface area contributed by atoms with Gasteiger partial charge >= 0.3 is 0 Å². The molecule has 0 amide bonds. The molecule has 0 bridgehead atoms. The van der Waals surface area contributed by atoms with Crippen molar-refractivity contribution >= 4 is 32.3 Å². The van der Waals surface area contributed by atoms with Crippen LogP contribution >= 0.6 is 0 Å². The Hall–Kier alpha value is -3.12. The summed E-state index contributed by atoms with van der Waals surface area (Å²) in [6.07, 6.45) is 0.959. The first kappa shape index (κ1) is 14.2. The fourth-order valence-corrected chi connectivity index (χ4v) is 3.90. The summed E-state index contributed by atoms with van der Waals surface area (Å²) in [6.45, 7) is 0. The molecule has 0 aromatic heterocycles. The van der Waals surface area contributed by atoms with Crippen LogP contribution in [0.5, 0.6) is 0 Å². The van der Waals surface area contributed by atoms with Crippen molar-refractivity contribution in [3.63, 3.8) is 0 Å². The molecule has 5 rings (SSSR count). The van der Waals surface area contributed by atoms with Gasteiger partial charge in [0.15, 0.2) is 0 Å². The first-order chi connectivity index (χ1) is 12.4. The van der Waals surface area contributed by atoms with Gasteiger partial charge in [0.05, 0.1) is 0 Å². The van der Waals surface area contributed by atoms with Crippen molar-refractivity contribution < 1.29 is 0 Å². The van der Waals surface area contributed by atoms with Gasteiger partial charge in [-0.2, -0.15) is 0 Å². The minimum absolute atomic E-state index is 0.959. The SMILES string of the molecule is c1ccc(Cc2cc3c4ccccc4ccc3c3ccccc23)cc1. The highest BCUT2D eigenvalue weighted by Crippen LogP contribution is 2.34. The Morgan fingerprint density at radius 2 is 1.08 bits per heavy atom. The highest BCUT2D eigenvalue weighted by Gasteiger charge is 2.09. The third-order valence-corrected chi connectivity index (χ3v) is 5.09. The van der Waals surface area contributed by atoms with Crippen LogP contribution in [0.25, 0.3) is 32.3 Å². The molecule has 0 atom stereocenters. The molecule has 0 spiro atoms. The van der Waals surface area contributed by atoms with Gasteiger partial charge in [-0.3, -0.25) is 0 Å². The van der Waals surface area contributed by atoms with Crippen molar-refractivity contribution in [3.05, 3.63) is 108 Å². The third kappa shape index (κ3) is 2.38. The van der Waals surface area contributed by atoms with E-state index in [0.29, 0.717) is 0 Å². The zero-order valence-electron chi connectivity index (χ0n) is 13.9. The van der Waals surface area contributed by atoms with E-state index in [0.717, 1.165) is 6.42 Å². The lowest BCUT2D eigenvalue weighted by Crippen LogP contribution is -1.91. The maximum Gasteiger partial charge on any atom is -0.00194 e. The Bertz CT molecular complexity index is 1200. The molecule has 0 aliphatic rings. The summed E-state index contributed by atoms with van der Waals surface area (Å²) in [6, 6.07) is 35.1. The van der Waals surface area contributed by atoms with Crippen LogP contribution in [0.15, 0.2) is 97.1 Å². The topological polar surface area (TPSA) is 0 Å². The highest BCUT2D eigenvalue weighted by molar-refractivity contribution is 6.18. The Balaban J connectivity index is 1.87. The minimum Gasteiger partial charge on any atom is -0.0622 e.